The molecule has 1 fully saturated rings. The normalized spacial score (nSPS) is 18.7. The Bertz CT molecular complexity index is 427. The van der Waals surface area contributed by atoms with Crippen molar-refractivity contribution in [3.63, 3.8) is 0 Å². The van der Waals surface area contributed by atoms with Gasteiger partial charge in [0.1, 0.15) is 12.4 Å². The first kappa shape index (κ1) is 12.6. The maximum absolute atomic E-state index is 13.2. The molecular formula is C9H7ClF3NO2. The van der Waals surface area contributed by atoms with Crippen LogP contribution < -0.4 is 5.32 Å². The van der Waals surface area contributed by atoms with E-state index in [2.05, 4.69) is 10.1 Å². The lowest BCUT2D eigenvalue weighted by molar-refractivity contribution is 0.176. The molecule has 1 aromatic rings. The quantitative estimate of drug-likeness (QED) is 0.780. The van der Waals surface area contributed by atoms with Gasteiger partial charge in [-0.3, -0.25) is 0 Å². The average molecular weight is 254 g/mol. The van der Waals surface area contributed by atoms with Crippen molar-refractivity contribution in [2.45, 2.75) is 6.04 Å². The number of alkyl carbamates (subject to hydrolysis) is 1. The predicted octanol–water partition coefficient (Wildman–Crippen LogP) is 2.31. The number of carbonyl (C=O) groups excluding carboxylic acids is 1. The first-order valence-electron chi connectivity index (χ1n) is 4.15. The fourth-order valence-corrected chi connectivity index (χ4v) is 1.36. The summed E-state index contributed by atoms with van der Waals surface area (Å²) in [5.74, 6) is -3.33. The van der Waals surface area contributed by atoms with Crippen LogP contribution in [0.1, 0.15) is 11.6 Å². The zero-order chi connectivity index (χ0) is 11.0. The fraction of sp³-hybridized carbons (Fsp3) is 0.222. The highest BCUT2D eigenvalue weighted by Gasteiger charge is 2.27. The van der Waals surface area contributed by atoms with E-state index in [0.29, 0.717) is 12.1 Å². The Kier molecular flexibility index (Phi) is 3.64. The molecule has 1 aliphatic rings. The highest BCUT2D eigenvalue weighted by atomic mass is 35.5. The van der Waals surface area contributed by atoms with Crippen LogP contribution in [0.2, 0.25) is 0 Å². The minimum absolute atomic E-state index is 0. The van der Waals surface area contributed by atoms with E-state index in [0.717, 1.165) is 0 Å². The number of halogens is 4. The van der Waals surface area contributed by atoms with Crippen LogP contribution in [0.3, 0.4) is 0 Å². The first-order chi connectivity index (χ1) is 7.08. The Morgan fingerprint density at radius 1 is 1.19 bits per heavy atom. The molecule has 1 amide bonds. The lowest BCUT2D eigenvalue weighted by Crippen LogP contribution is -2.19. The van der Waals surface area contributed by atoms with Crippen LogP contribution >= 0.6 is 12.4 Å². The van der Waals surface area contributed by atoms with E-state index >= 15 is 0 Å². The Labute approximate surface area is 95.0 Å². The van der Waals surface area contributed by atoms with Crippen molar-refractivity contribution in [1.29, 1.82) is 0 Å². The van der Waals surface area contributed by atoms with E-state index in [1.165, 1.54) is 0 Å². The topological polar surface area (TPSA) is 38.3 Å². The van der Waals surface area contributed by atoms with E-state index < -0.39 is 29.6 Å². The standard InChI is InChI=1S/C9H6F3NO2.ClH/c10-5-2-7(12)6(11)1-4(5)8-3-15-9(14)13-8;/h1-2,8H,3H2,(H,13,14);1H/t8-;/m0./s1. The number of carbonyl (C=O) groups is 1. The summed E-state index contributed by atoms with van der Waals surface area (Å²) in [6, 6.07) is 0.381. The maximum Gasteiger partial charge on any atom is 0.407 e. The van der Waals surface area contributed by atoms with Crippen LogP contribution in [0.25, 0.3) is 0 Å². The molecule has 1 aromatic carbocycles. The molecule has 16 heavy (non-hydrogen) atoms. The van der Waals surface area contributed by atoms with Gasteiger partial charge in [0.2, 0.25) is 0 Å². The molecule has 1 atom stereocenters. The molecule has 7 heteroatoms. The lowest BCUT2D eigenvalue weighted by atomic mass is 10.1. The average Bonchev–Trinajstić information content (AvgIpc) is 2.58. The summed E-state index contributed by atoms with van der Waals surface area (Å²) in [6.45, 7) is -0.0964. The second-order valence-corrected chi connectivity index (χ2v) is 3.08. The van der Waals surface area contributed by atoms with Crippen molar-refractivity contribution in [2.24, 2.45) is 0 Å². The summed E-state index contributed by atoms with van der Waals surface area (Å²) >= 11 is 0. The largest absolute Gasteiger partial charge is 0.447 e. The van der Waals surface area contributed by atoms with Gasteiger partial charge in [-0.15, -0.1) is 12.4 Å². The van der Waals surface area contributed by atoms with Gasteiger partial charge in [-0.05, 0) is 6.07 Å². The number of hydrogen-bond acceptors (Lipinski definition) is 2. The molecule has 0 aliphatic carbocycles. The second-order valence-electron chi connectivity index (χ2n) is 3.08. The van der Waals surface area contributed by atoms with Crippen molar-refractivity contribution in [3.8, 4) is 0 Å². The summed E-state index contributed by atoms with van der Waals surface area (Å²) in [6.07, 6.45) is -0.705. The van der Waals surface area contributed by atoms with Gasteiger partial charge >= 0.3 is 6.09 Å². The Morgan fingerprint density at radius 3 is 2.38 bits per heavy atom. The number of rotatable bonds is 1. The number of hydrogen-bond donors (Lipinski definition) is 1. The van der Waals surface area contributed by atoms with Crippen LogP contribution in [0.5, 0.6) is 0 Å². The third-order valence-corrected chi connectivity index (χ3v) is 2.09. The molecule has 0 bridgehead atoms. The van der Waals surface area contributed by atoms with Crippen molar-refractivity contribution < 1.29 is 22.7 Å². The number of cyclic esters (lactones) is 1. The van der Waals surface area contributed by atoms with Gasteiger partial charge in [0.25, 0.3) is 0 Å². The van der Waals surface area contributed by atoms with Gasteiger partial charge in [-0.1, -0.05) is 0 Å². The Morgan fingerprint density at radius 2 is 1.81 bits per heavy atom. The lowest BCUT2D eigenvalue weighted by Gasteiger charge is -2.09. The SMILES string of the molecule is Cl.O=C1N[C@H](c2cc(F)c(F)cc2F)CO1. The molecule has 3 nitrogen and oxygen atoms in total. The molecule has 1 aliphatic heterocycles. The van der Waals surface area contributed by atoms with Crippen molar-refractivity contribution in [2.75, 3.05) is 6.61 Å². The summed E-state index contributed by atoms with van der Waals surface area (Å²) < 4.78 is 43.1. The molecule has 2 rings (SSSR count). The third-order valence-electron chi connectivity index (χ3n) is 2.09. The van der Waals surface area contributed by atoms with Crippen molar-refractivity contribution in [1.82, 2.24) is 5.32 Å². The number of nitrogens with one attached hydrogen (secondary N) is 1. The molecule has 1 saturated heterocycles. The molecule has 1 heterocycles. The van der Waals surface area contributed by atoms with E-state index in [9.17, 15) is 18.0 Å². The highest BCUT2D eigenvalue weighted by Crippen LogP contribution is 2.23. The van der Waals surface area contributed by atoms with Crippen molar-refractivity contribution in [3.05, 3.63) is 35.1 Å². The summed E-state index contributed by atoms with van der Waals surface area (Å²) in [5, 5.41) is 2.27. The first-order valence-corrected chi connectivity index (χ1v) is 4.15. The molecule has 0 radical (unpaired) electrons. The molecule has 88 valence electrons. The molecule has 0 unspecified atom stereocenters. The zero-order valence-corrected chi connectivity index (χ0v) is 8.61. The minimum Gasteiger partial charge on any atom is -0.447 e. The van der Waals surface area contributed by atoms with Crippen LogP contribution in [0.15, 0.2) is 12.1 Å². The van der Waals surface area contributed by atoms with E-state index in [4.69, 9.17) is 0 Å². The number of amides is 1. The van der Waals surface area contributed by atoms with Gasteiger partial charge in [0, 0.05) is 11.6 Å². The van der Waals surface area contributed by atoms with E-state index in [-0.39, 0.29) is 24.6 Å². The summed E-state index contributed by atoms with van der Waals surface area (Å²) in [5.41, 5.74) is -0.125. The monoisotopic (exact) mass is 253 g/mol. The van der Waals surface area contributed by atoms with Crippen LogP contribution in [0.4, 0.5) is 18.0 Å². The zero-order valence-electron chi connectivity index (χ0n) is 7.80. The Hall–Kier alpha value is -1.43. The highest BCUT2D eigenvalue weighted by molar-refractivity contribution is 5.85. The van der Waals surface area contributed by atoms with Crippen molar-refractivity contribution >= 4 is 18.5 Å². The van der Waals surface area contributed by atoms with Crippen LogP contribution in [-0.4, -0.2) is 12.7 Å². The summed E-state index contributed by atoms with van der Waals surface area (Å²) in [4.78, 5) is 10.7. The van der Waals surface area contributed by atoms with E-state index in [1.807, 2.05) is 0 Å². The van der Waals surface area contributed by atoms with Gasteiger partial charge in [0.15, 0.2) is 11.6 Å². The summed E-state index contributed by atoms with van der Waals surface area (Å²) in [7, 11) is 0. The fourth-order valence-electron chi connectivity index (χ4n) is 1.36. The van der Waals surface area contributed by atoms with Gasteiger partial charge in [0.05, 0.1) is 6.04 Å². The van der Waals surface area contributed by atoms with Gasteiger partial charge < -0.3 is 10.1 Å². The molecule has 1 N–H and O–H groups in total. The second kappa shape index (κ2) is 4.61. The predicted molar refractivity (Wildman–Crippen MR) is 50.8 cm³/mol. The minimum atomic E-state index is -1.26. The number of benzene rings is 1. The van der Waals surface area contributed by atoms with E-state index in [1.54, 1.807) is 0 Å². The molecular weight excluding hydrogens is 247 g/mol. The molecule has 0 aromatic heterocycles. The maximum atomic E-state index is 13.2. The Balaban J connectivity index is 0.00000128. The van der Waals surface area contributed by atoms with Crippen LogP contribution in [0, 0.1) is 17.5 Å². The van der Waals surface area contributed by atoms with Gasteiger partial charge in [-0.25, -0.2) is 18.0 Å². The van der Waals surface area contributed by atoms with Gasteiger partial charge in [-0.2, -0.15) is 0 Å². The molecule has 0 spiro atoms. The smallest absolute Gasteiger partial charge is 0.407 e. The number of ether oxygens (including phenoxy) is 1. The third kappa shape index (κ3) is 2.21. The molecule has 0 saturated carbocycles. The van der Waals surface area contributed by atoms with Crippen LogP contribution in [-0.2, 0) is 4.74 Å².